The predicted octanol–water partition coefficient (Wildman–Crippen LogP) is 2.81. The average Bonchev–Trinajstić information content (AvgIpc) is 2.92. The number of nitrogens with zero attached hydrogens (tertiary/aromatic N) is 2. The van der Waals surface area contributed by atoms with Crippen molar-refractivity contribution in [2.24, 2.45) is 11.3 Å². The van der Waals surface area contributed by atoms with Gasteiger partial charge in [0, 0.05) is 31.5 Å². The van der Waals surface area contributed by atoms with Crippen LogP contribution in [-0.4, -0.2) is 46.3 Å². The molecule has 2 saturated heterocycles. The van der Waals surface area contributed by atoms with Crippen molar-refractivity contribution in [1.82, 2.24) is 9.80 Å². The highest BCUT2D eigenvalue weighted by Crippen LogP contribution is 2.48. The number of carbonyl (C=O) groups is 2. The molecule has 3 rings (SSSR count). The molecule has 0 radical (unpaired) electrons. The Hall–Kier alpha value is -0.900. The maximum Gasteiger partial charge on any atom is 0.224 e. The molecule has 0 aromatic carbocycles. The number of hydrogen-bond acceptors (Lipinski definition) is 3. The fraction of sp³-hybridized carbons (Fsp3) is 0.889. The minimum absolute atomic E-state index is 0.0286. The molecular weight excluding hydrogens is 276 g/mol. The van der Waals surface area contributed by atoms with Crippen molar-refractivity contribution in [3.8, 4) is 0 Å². The van der Waals surface area contributed by atoms with Gasteiger partial charge < -0.3 is 4.90 Å². The molecule has 3 atom stereocenters. The first-order valence-corrected chi connectivity index (χ1v) is 8.81. The summed E-state index contributed by atoms with van der Waals surface area (Å²) in [5, 5.41) is 0. The van der Waals surface area contributed by atoms with Crippen molar-refractivity contribution in [1.29, 1.82) is 0 Å². The summed E-state index contributed by atoms with van der Waals surface area (Å²) >= 11 is 0. The fourth-order valence-corrected chi connectivity index (χ4v) is 5.65. The van der Waals surface area contributed by atoms with E-state index in [1.807, 2.05) is 4.90 Å². The summed E-state index contributed by atoms with van der Waals surface area (Å²) in [5.74, 6) is 1.07. The van der Waals surface area contributed by atoms with Crippen LogP contribution < -0.4 is 0 Å². The number of Topliss-reactive ketones (excluding diaryl/α,β-unsaturated/α-hetero) is 1. The molecule has 1 aliphatic carbocycles. The number of ketones is 1. The Bertz CT molecular complexity index is 487. The Morgan fingerprint density at radius 1 is 1.05 bits per heavy atom. The molecule has 3 fully saturated rings. The highest BCUT2D eigenvalue weighted by molar-refractivity contribution is 5.91. The molecule has 4 nitrogen and oxygen atoms in total. The Labute approximate surface area is 134 Å². The molecule has 0 bridgehead atoms. The van der Waals surface area contributed by atoms with Crippen molar-refractivity contribution in [2.45, 2.75) is 77.9 Å². The van der Waals surface area contributed by atoms with Crippen LogP contribution in [0.5, 0.6) is 0 Å². The second-order valence-electron chi connectivity index (χ2n) is 8.83. The molecule has 0 aromatic heterocycles. The van der Waals surface area contributed by atoms with E-state index < -0.39 is 0 Å². The van der Waals surface area contributed by atoms with Gasteiger partial charge in [0.25, 0.3) is 0 Å². The third-order valence-electron chi connectivity index (χ3n) is 5.83. The number of hydrogen-bond donors (Lipinski definition) is 0. The molecule has 0 aromatic rings. The van der Waals surface area contributed by atoms with Crippen LogP contribution in [0.25, 0.3) is 0 Å². The zero-order valence-electron chi connectivity index (χ0n) is 14.5. The number of amides is 1. The van der Waals surface area contributed by atoms with Gasteiger partial charge in [0.1, 0.15) is 6.17 Å². The van der Waals surface area contributed by atoms with Crippen LogP contribution in [0, 0.1) is 11.3 Å². The summed E-state index contributed by atoms with van der Waals surface area (Å²) in [4.78, 5) is 28.9. The third kappa shape index (κ3) is 2.70. The van der Waals surface area contributed by atoms with E-state index in [0.29, 0.717) is 24.2 Å². The van der Waals surface area contributed by atoms with Crippen LogP contribution in [0.2, 0.25) is 0 Å². The van der Waals surface area contributed by atoms with Gasteiger partial charge in [0.15, 0.2) is 5.78 Å². The molecule has 3 unspecified atom stereocenters. The van der Waals surface area contributed by atoms with Crippen molar-refractivity contribution in [2.75, 3.05) is 13.1 Å². The maximum absolute atomic E-state index is 12.5. The minimum Gasteiger partial charge on any atom is -0.320 e. The predicted molar refractivity (Wildman–Crippen MR) is 86.3 cm³/mol. The topological polar surface area (TPSA) is 40.6 Å². The highest BCUT2D eigenvalue weighted by atomic mass is 16.2. The lowest BCUT2D eigenvalue weighted by Gasteiger charge is -2.52. The minimum atomic E-state index is -0.291. The molecule has 2 aliphatic heterocycles. The summed E-state index contributed by atoms with van der Waals surface area (Å²) < 4.78 is 0. The monoisotopic (exact) mass is 306 g/mol. The second kappa shape index (κ2) is 5.33. The first kappa shape index (κ1) is 16.0. The highest BCUT2D eigenvalue weighted by Gasteiger charge is 2.51. The zero-order chi connectivity index (χ0) is 16.1. The van der Waals surface area contributed by atoms with E-state index in [1.54, 1.807) is 0 Å². The van der Waals surface area contributed by atoms with Gasteiger partial charge in [-0.2, -0.15) is 0 Å². The van der Waals surface area contributed by atoms with Crippen molar-refractivity contribution < 1.29 is 9.59 Å². The quantitative estimate of drug-likeness (QED) is 0.787. The van der Waals surface area contributed by atoms with Gasteiger partial charge in [-0.3, -0.25) is 14.5 Å². The summed E-state index contributed by atoms with van der Waals surface area (Å²) in [6, 6.07) is 0. The van der Waals surface area contributed by atoms with Gasteiger partial charge in [-0.25, -0.2) is 0 Å². The number of carbonyl (C=O) groups excluding carboxylic acids is 2. The summed E-state index contributed by atoms with van der Waals surface area (Å²) in [7, 11) is 0. The first-order chi connectivity index (χ1) is 10.2. The maximum atomic E-state index is 12.5. The van der Waals surface area contributed by atoms with Crippen LogP contribution in [0.3, 0.4) is 0 Å². The Morgan fingerprint density at radius 2 is 1.77 bits per heavy atom. The van der Waals surface area contributed by atoms with E-state index in [2.05, 4.69) is 32.6 Å². The van der Waals surface area contributed by atoms with Crippen LogP contribution >= 0.6 is 0 Å². The smallest absolute Gasteiger partial charge is 0.224 e. The van der Waals surface area contributed by atoms with E-state index in [1.165, 1.54) is 6.42 Å². The first-order valence-electron chi connectivity index (χ1n) is 8.81. The van der Waals surface area contributed by atoms with E-state index in [4.69, 9.17) is 0 Å². The lowest BCUT2D eigenvalue weighted by Crippen LogP contribution is -2.60. The molecule has 1 saturated carbocycles. The number of rotatable bonds is 2. The van der Waals surface area contributed by atoms with E-state index in [0.717, 1.165) is 32.4 Å². The van der Waals surface area contributed by atoms with Crippen LogP contribution in [0.15, 0.2) is 0 Å². The molecule has 4 heteroatoms. The molecule has 1 amide bonds. The van der Waals surface area contributed by atoms with E-state index in [9.17, 15) is 9.59 Å². The molecule has 3 aliphatic rings. The van der Waals surface area contributed by atoms with Gasteiger partial charge in [-0.15, -0.1) is 0 Å². The fourth-order valence-electron chi connectivity index (χ4n) is 5.65. The summed E-state index contributed by atoms with van der Waals surface area (Å²) in [6.45, 7) is 10.9. The summed E-state index contributed by atoms with van der Waals surface area (Å²) in [5.41, 5.74) is 0.332. The zero-order valence-corrected chi connectivity index (χ0v) is 14.5. The SMILES string of the molecule is CC1CC(C)(C)CC(C)(N2CCC(=O)C2N2CCCC2=O)C1. The van der Waals surface area contributed by atoms with Crippen molar-refractivity contribution >= 4 is 11.7 Å². The van der Waals surface area contributed by atoms with Crippen molar-refractivity contribution in [3.63, 3.8) is 0 Å². The van der Waals surface area contributed by atoms with Crippen LogP contribution in [-0.2, 0) is 9.59 Å². The Kier molecular flexibility index (Phi) is 3.87. The van der Waals surface area contributed by atoms with E-state index >= 15 is 0 Å². The van der Waals surface area contributed by atoms with Crippen molar-refractivity contribution in [3.05, 3.63) is 0 Å². The second-order valence-corrected chi connectivity index (χ2v) is 8.83. The molecule has 22 heavy (non-hydrogen) atoms. The molecular formula is C18H30N2O2. The normalized spacial score (nSPS) is 39.7. The number of likely N-dealkylation sites (tertiary alicyclic amines) is 2. The Morgan fingerprint density at radius 3 is 2.36 bits per heavy atom. The van der Waals surface area contributed by atoms with Crippen LogP contribution in [0.1, 0.15) is 66.2 Å². The molecule has 0 N–H and O–H groups in total. The average molecular weight is 306 g/mol. The van der Waals surface area contributed by atoms with E-state index in [-0.39, 0.29) is 23.4 Å². The Balaban J connectivity index is 1.88. The van der Waals surface area contributed by atoms with Gasteiger partial charge >= 0.3 is 0 Å². The van der Waals surface area contributed by atoms with Gasteiger partial charge in [0.05, 0.1) is 0 Å². The van der Waals surface area contributed by atoms with Crippen LogP contribution in [0.4, 0.5) is 0 Å². The van der Waals surface area contributed by atoms with Gasteiger partial charge in [-0.1, -0.05) is 20.8 Å². The molecule has 124 valence electrons. The molecule has 0 spiro atoms. The summed E-state index contributed by atoms with van der Waals surface area (Å²) in [6.07, 6.45) is 5.29. The molecule has 2 heterocycles. The third-order valence-corrected chi connectivity index (χ3v) is 5.83. The standard InChI is InChI=1S/C18H30N2O2/c1-13-10-17(2,3)12-18(4,11-13)20-9-7-14(21)16(20)19-8-5-6-15(19)22/h13,16H,5-12H2,1-4H3. The largest absolute Gasteiger partial charge is 0.320 e. The van der Waals surface area contributed by atoms with Gasteiger partial charge in [-0.05, 0) is 43.9 Å². The lowest BCUT2D eigenvalue weighted by atomic mass is 9.64. The van der Waals surface area contributed by atoms with Gasteiger partial charge in [0.2, 0.25) is 5.91 Å². The lowest BCUT2D eigenvalue weighted by molar-refractivity contribution is -0.144.